The Morgan fingerprint density at radius 1 is 1.26 bits per heavy atom. The molecule has 1 N–H and O–H groups in total. The molecule has 0 aliphatic carbocycles. The lowest BCUT2D eigenvalue weighted by Crippen LogP contribution is -2.49. The highest BCUT2D eigenvalue weighted by Crippen LogP contribution is 2.12. The van der Waals surface area contributed by atoms with Crippen LogP contribution >= 0.6 is 0 Å². The molecule has 0 saturated carbocycles. The number of pyridine rings is 1. The van der Waals surface area contributed by atoms with Crippen molar-refractivity contribution < 1.29 is 9.90 Å². The average Bonchev–Trinajstić information content (AvgIpc) is 2.39. The number of β-amino-alcohol motifs (C(OH)–C–C–N with tert-alkyl or cyclic N) is 1. The summed E-state index contributed by atoms with van der Waals surface area (Å²) in [4.78, 5) is 20.8. The van der Waals surface area contributed by atoms with Crippen LogP contribution in [0, 0.1) is 13.8 Å². The van der Waals surface area contributed by atoms with Crippen LogP contribution in [0.15, 0.2) is 12.1 Å². The number of piperazine rings is 1. The van der Waals surface area contributed by atoms with E-state index in [9.17, 15) is 4.79 Å². The van der Waals surface area contributed by atoms with Crippen molar-refractivity contribution in [2.75, 3.05) is 39.3 Å². The van der Waals surface area contributed by atoms with Crippen LogP contribution in [0.1, 0.15) is 21.7 Å². The topological polar surface area (TPSA) is 56.7 Å². The predicted molar refractivity (Wildman–Crippen MR) is 73.1 cm³/mol. The number of rotatable bonds is 3. The van der Waals surface area contributed by atoms with Gasteiger partial charge in [0, 0.05) is 38.4 Å². The molecule has 2 rings (SSSR count). The van der Waals surface area contributed by atoms with E-state index in [1.54, 1.807) is 0 Å². The summed E-state index contributed by atoms with van der Waals surface area (Å²) in [7, 11) is 0. The number of nitrogens with zero attached hydrogens (tertiary/aromatic N) is 3. The summed E-state index contributed by atoms with van der Waals surface area (Å²) in [6, 6.07) is 3.74. The molecule has 1 fully saturated rings. The van der Waals surface area contributed by atoms with Gasteiger partial charge in [-0.1, -0.05) is 0 Å². The highest BCUT2D eigenvalue weighted by atomic mass is 16.3. The first-order valence-electron chi connectivity index (χ1n) is 6.68. The zero-order valence-corrected chi connectivity index (χ0v) is 11.6. The zero-order chi connectivity index (χ0) is 13.8. The Bertz CT molecular complexity index is 454. The molecule has 0 spiro atoms. The summed E-state index contributed by atoms with van der Waals surface area (Å²) >= 11 is 0. The van der Waals surface area contributed by atoms with Gasteiger partial charge in [-0.15, -0.1) is 0 Å². The molecule has 5 nitrogen and oxygen atoms in total. The Hall–Kier alpha value is -1.46. The monoisotopic (exact) mass is 263 g/mol. The third-order valence-electron chi connectivity index (χ3n) is 3.53. The van der Waals surface area contributed by atoms with Crippen molar-refractivity contribution in [3.05, 3.63) is 29.1 Å². The first-order chi connectivity index (χ1) is 9.11. The van der Waals surface area contributed by atoms with Crippen LogP contribution < -0.4 is 0 Å². The maximum Gasteiger partial charge on any atom is 0.255 e. The normalized spacial score (nSPS) is 16.7. The van der Waals surface area contributed by atoms with Gasteiger partial charge in [-0.2, -0.15) is 0 Å². The second-order valence-electron chi connectivity index (χ2n) is 4.94. The lowest BCUT2D eigenvalue weighted by Gasteiger charge is -2.34. The van der Waals surface area contributed by atoms with Gasteiger partial charge in [0.05, 0.1) is 17.9 Å². The second-order valence-corrected chi connectivity index (χ2v) is 4.94. The molecule has 1 amide bonds. The van der Waals surface area contributed by atoms with Gasteiger partial charge in [0.25, 0.3) is 5.91 Å². The van der Waals surface area contributed by atoms with E-state index in [4.69, 9.17) is 5.11 Å². The van der Waals surface area contributed by atoms with Crippen molar-refractivity contribution in [2.45, 2.75) is 13.8 Å². The van der Waals surface area contributed by atoms with Crippen LogP contribution in [0.3, 0.4) is 0 Å². The SMILES string of the molecule is Cc1ccc(C(=O)N2CCN(CCO)CC2)c(C)n1. The fraction of sp³-hybridized carbons (Fsp3) is 0.571. The summed E-state index contributed by atoms with van der Waals surface area (Å²) in [6.07, 6.45) is 0. The molecule has 0 atom stereocenters. The molecule has 0 aromatic carbocycles. The molecule has 0 bridgehead atoms. The van der Waals surface area contributed by atoms with Gasteiger partial charge in [0.2, 0.25) is 0 Å². The zero-order valence-electron chi connectivity index (χ0n) is 11.6. The molecule has 1 aromatic heterocycles. The van der Waals surface area contributed by atoms with E-state index >= 15 is 0 Å². The van der Waals surface area contributed by atoms with Crippen molar-refractivity contribution in [2.24, 2.45) is 0 Å². The Kier molecular flexibility index (Phi) is 4.50. The van der Waals surface area contributed by atoms with Gasteiger partial charge in [-0.05, 0) is 26.0 Å². The molecular formula is C14H21N3O2. The Morgan fingerprint density at radius 2 is 1.95 bits per heavy atom. The number of aromatic nitrogens is 1. The second kappa shape index (κ2) is 6.12. The van der Waals surface area contributed by atoms with E-state index in [0.717, 1.165) is 24.5 Å². The summed E-state index contributed by atoms with van der Waals surface area (Å²) in [6.45, 7) is 7.74. The minimum absolute atomic E-state index is 0.0636. The van der Waals surface area contributed by atoms with E-state index in [2.05, 4.69) is 9.88 Å². The molecule has 2 heterocycles. The first kappa shape index (κ1) is 14.0. The summed E-state index contributed by atoms with van der Waals surface area (Å²) < 4.78 is 0. The fourth-order valence-corrected chi connectivity index (χ4v) is 2.40. The van der Waals surface area contributed by atoms with Crippen molar-refractivity contribution in [1.29, 1.82) is 0 Å². The van der Waals surface area contributed by atoms with Gasteiger partial charge in [-0.25, -0.2) is 0 Å². The van der Waals surface area contributed by atoms with Crippen LogP contribution in [-0.4, -0.2) is 65.1 Å². The van der Waals surface area contributed by atoms with Crippen LogP contribution in [-0.2, 0) is 0 Å². The average molecular weight is 263 g/mol. The van der Waals surface area contributed by atoms with Gasteiger partial charge in [-0.3, -0.25) is 14.7 Å². The van der Waals surface area contributed by atoms with Crippen LogP contribution in [0.25, 0.3) is 0 Å². The number of aliphatic hydroxyl groups is 1. The van der Waals surface area contributed by atoms with Crippen LogP contribution in [0.4, 0.5) is 0 Å². The first-order valence-corrected chi connectivity index (χ1v) is 6.68. The molecule has 0 radical (unpaired) electrons. The minimum Gasteiger partial charge on any atom is -0.395 e. The van der Waals surface area contributed by atoms with Gasteiger partial charge in [0.15, 0.2) is 0 Å². The lowest BCUT2D eigenvalue weighted by molar-refractivity contribution is 0.0614. The molecule has 1 aliphatic heterocycles. The highest BCUT2D eigenvalue weighted by Gasteiger charge is 2.23. The van der Waals surface area contributed by atoms with E-state index in [1.807, 2.05) is 30.9 Å². The highest BCUT2D eigenvalue weighted by molar-refractivity contribution is 5.95. The Labute approximate surface area is 113 Å². The fourth-order valence-electron chi connectivity index (χ4n) is 2.40. The largest absolute Gasteiger partial charge is 0.395 e. The smallest absolute Gasteiger partial charge is 0.255 e. The third-order valence-corrected chi connectivity index (χ3v) is 3.53. The van der Waals surface area contributed by atoms with Gasteiger partial charge in [0.1, 0.15) is 0 Å². The van der Waals surface area contributed by atoms with E-state index in [0.29, 0.717) is 25.2 Å². The molecule has 19 heavy (non-hydrogen) atoms. The molecule has 104 valence electrons. The number of hydrogen-bond acceptors (Lipinski definition) is 4. The maximum atomic E-state index is 12.4. The van der Waals surface area contributed by atoms with Crippen molar-refractivity contribution in [1.82, 2.24) is 14.8 Å². The van der Waals surface area contributed by atoms with E-state index in [-0.39, 0.29) is 12.5 Å². The number of carbonyl (C=O) groups excluding carboxylic acids is 1. The number of aliphatic hydroxyl groups excluding tert-OH is 1. The number of carbonyl (C=O) groups is 1. The molecule has 1 aromatic rings. The van der Waals surface area contributed by atoms with Gasteiger partial charge < -0.3 is 10.0 Å². The molecule has 1 saturated heterocycles. The minimum atomic E-state index is 0.0636. The Morgan fingerprint density at radius 3 is 2.53 bits per heavy atom. The van der Waals surface area contributed by atoms with Crippen molar-refractivity contribution >= 4 is 5.91 Å². The molecule has 5 heteroatoms. The molecule has 0 unspecified atom stereocenters. The molecular weight excluding hydrogens is 242 g/mol. The number of hydrogen-bond donors (Lipinski definition) is 1. The van der Waals surface area contributed by atoms with E-state index in [1.165, 1.54) is 0 Å². The lowest BCUT2D eigenvalue weighted by atomic mass is 10.1. The summed E-state index contributed by atoms with van der Waals surface area (Å²) in [5, 5.41) is 8.90. The summed E-state index contributed by atoms with van der Waals surface area (Å²) in [5.41, 5.74) is 2.42. The standard InChI is InChI=1S/C14H21N3O2/c1-11-3-4-13(12(2)15-11)14(19)17-7-5-16(6-8-17)9-10-18/h3-4,18H,5-10H2,1-2H3. The number of aryl methyl sites for hydroxylation is 2. The van der Waals surface area contributed by atoms with Crippen molar-refractivity contribution in [3.63, 3.8) is 0 Å². The summed E-state index contributed by atoms with van der Waals surface area (Å²) in [5.74, 6) is 0.0636. The third kappa shape index (κ3) is 3.30. The maximum absolute atomic E-state index is 12.4. The van der Waals surface area contributed by atoms with Gasteiger partial charge >= 0.3 is 0 Å². The van der Waals surface area contributed by atoms with Crippen molar-refractivity contribution in [3.8, 4) is 0 Å². The Balaban J connectivity index is 2.01. The van der Waals surface area contributed by atoms with E-state index < -0.39 is 0 Å². The van der Waals surface area contributed by atoms with Crippen LogP contribution in [0.5, 0.6) is 0 Å². The molecule has 1 aliphatic rings. The number of amides is 1. The quantitative estimate of drug-likeness (QED) is 0.860. The predicted octanol–water partition coefficient (Wildman–Crippen LogP) is 0.449. The van der Waals surface area contributed by atoms with Crippen LogP contribution in [0.2, 0.25) is 0 Å².